The number of nitrogens with two attached hydrogens (primary N) is 1. The molecule has 0 unspecified atom stereocenters. The zero-order valence-corrected chi connectivity index (χ0v) is 26.8. The van der Waals surface area contributed by atoms with E-state index in [1.807, 2.05) is 30.0 Å². The molecule has 1 aliphatic heterocycles. The minimum Gasteiger partial charge on any atom is -0.398 e. The molecular weight excluding hydrogens is 603 g/mol. The molecular formula is C44H29N3S. The van der Waals surface area contributed by atoms with Gasteiger partial charge in [-0.25, -0.2) is 4.98 Å². The van der Waals surface area contributed by atoms with Crippen LogP contribution < -0.4 is 5.73 Å². The van der Waals surface area contributed by atoms with Crippen LogP contribution in [0.2, 0.25) is 0 Å². The Morgan fingerprint density at radius 1 is 0.521 bits per heavy atom. The van der Waals surface area contributed by atoms with E-state index in [1.165, 1.54) is 37.6 Å². The first-order valence-corrected chi connectivity index (χ1v) is 17.1. The fraction of sp³-hybridized carbons (Fsp3) is 0.0227. The van der Waals surface area contributed by atoms with Gasteiger partial charge < -0.3 is 5.73 Å². The molecule has 8 aromatic rings. The summed E-state index contributed by atoms with van der Waals surface area (Å²) in [6.07, 6.45) is 0. The average Bonchev–Trinajstić information content (AvgIpc) is 3.67. The Hall–Kier alpha value is -5.84. The molecule has 7 aromatic carbocycles. The molecule has 4 heteroatoms. The number of benzene rings is 7. The molecule has 1 aromatic heterocycles. The van der Waals surface area contributed by atoms with Crippen LogP contribution in [-0.4, -0.2) is 9.55 Å². The second-order valence-electron chi connectivity index (χ2n) is 12.5. The second kappa shape index (κ2) is 10.3. The van der Waals surface area contributed by atoms with Crippen LogP contribution in [0.3, 0.4) is 0 Å². The number of aromatic nitrogens is 2. The highest BCUT2D eigenvalue weighted by Gasteiger charge is 2.50. The molecule has 2 N–H and O–H groups in total. The van der Waals surface area contributed by atoms with Gasteiger partial charge in [0.2, 0.25) is 0 Å². The fourth-order valence-electron chi connectivity index (χ4n) is 8.03. The predicted molar refractivity (Wildman–Crippen MR) is 198 cm³/mol. The summed E-state index contributed by atoms with van der Waals surface area (Å²) in [4.78, 5) is 7.66. The Balaban J connectivity index is 1.14. The summed E-state index contributed by atoms with van der Waals surface area (Å²) >= 11 is 1.86. The Bertz CT molecular complexity index is 2500. The molecule has 0 bridgehead atoms. The molecule has 3 nitrogen and oxygen atoms in total. The van der Waals surface area contributed by atoms with Crippen molar-refractivity contribution in [2.45, 2.75) is 15.2 Å². The first kappa shape index (κ1) is 27.3. The molecule has 226 valence electrons. The summed E-state index contributed by atoms with van der Waals surface area (Å²) in [6.45, 7) is 0. The van der Waals surface area contributed by atoms with Gasteiger partial charge in [0.1, 0.15) is 5.82 Å². The Labute approximate surface area is 283 Å². The van der Waals surface area contributed by atoms with Gasteiger partial charge in [-0.1, -0.05) is 127 Å². The first-order valence-electron chi connectivity index (χ1n) is 16.3. The largest absolute Gasteiger partial charge is 0.398 e. The van der Waals surface area contributed by atoms with E-state index in [0.717, 1.165) is 50.5 Å². The van der Waals surface area contributed by atoms with E-state index in [9.17, 15) is 0 Å². The van der Waals surface area contributed by atoms with Gasteiger partial charge in [0, 0.05) is 32.3 Å². The molecule has 0 radical (unpaired) electrons. The van der Waals surface area contributed by atoms with Crippen LogP contribution in [0.5, 0.6) is 0 Å². The molecule has 0 fully saturated rings. The van der Waals surface area contributed by atoms with Crippen molar-refractivity contribution in [3.8, 4) is 39.3 Å². The van der Waals surface area contributed by atoms with Gasteiger partial charge in [-0.2, -0.15) is 0 Å². The van der Waals surface area contributed by atoms with Crippen molar-refractivity contribution < 1.29 is 0 Å². The lowest BCUT2D eigenvalue weighted by molar-refractivity contribution is 0.722. The van der Waals surface area contributed by atoms with E-state index in [2.05, 4.69) is 150 Å². The van der Waals surface area contributed by atoms with E-state index >= 15 is 0 Å². The highest BCUT2D eigenvalue weighted by Crippen LogP contribution is 2.63. The van der Waals surface area contributed by atoms with E-state index in [1.54, 1.807) is 0 Å². The highest BCUT2D eigenvalue weighted by atomic mass is 32.2. The van der Waals surface area contributed by atoms with Gasteiger partial charge in [0.15, 0.2) is 0 Å². The van der Waals surface area contributed by atoms with Gasteiger partial charge in [-0.3, -0.25) is 4.57 Å². The summed E-state index contributed by atoms with van der Waals surface area (Å²) in [5.41, 5.74) is 21.3. The van der Waals surface area contributed by atoms with Crippen LogP contribution >= 0.6 is 11.8 Å². The van der Waals surface area contributed by atoms with Crippen LogP contribution in [0.1, 0.15) is 22.3 Å². The predicted octanol–water partition coefficient (Wildman–Crippen LogP) is 10.8. The maximum atomic E-state index is 6.87. The number of nitrogens with zero attached hydrogens (tertiary/aromatic N) is 2. The van der Waals surface area contributed by atoms with E-state index in [4.69, 9.17) is 10.7 Å². The third-order valence-electron chi connectivity index (χ3n) is 10.0. The third kappa shape index (κ3) is 3.75. The van der Waals surface area contributed by atoms with Crippen molar-refractivity contribution in [2.24, 2.45) is 0 Å². The number of fused-ring (bicyclic) bond motifs is 10. The van der Waals surface area contributed by atoms with Crippen LogP contribution in [0.25, 0.3) is 50.4 Å². The van der Waals surface area contributed by atoms with Crippen LogP contribution in [0, 0.1) is 0 Å². The summed E-state index contributed by atoms with van der Waals surface area (Å²) in [6, 6.07) is 58.7. The van der Waals surface area contributed by atoms with Gasteiger partial charge in [-0.15, -0.1) is 0 Å². The molecule has 0 saturated carbocycles. The standard InChI is InChI=1S/C44H29N3S/c45-37-16-10-15-36-42(37)32-27-30(25-26-33(32)44(36)34-13-4-8-19-40(34)48-41-20-9-5-14-35(41)44)28-21-23-29(24-22-28)43-46-38-17-6-7-18-39(38)47(43)31-11-2-1-3-12-31/h1-27H,45H2. The lowest BCUT2D eigenvalue weighted by Crippen LogP contribution is -2.31. The van der Waals surface area contributed by atoms with Crippen LogP contribution in [0.4, 0.5) is 5.69 Å². The number of anilines is 1. The van der Waals surface area contributed by atoms with E-state index in [-0.39, 0.29) is 0 Å². The molecule has 2 aliphatic rings. The molecule has 1 aliphatic carbocycles. The van der Waals surface area contributed by atoms with Gasteiger partial charge in [0.25, 0.3) is 0 Å². The summed E-state index contributed by atoms with van der Waals surface area (Å²) in [7, 11) is 0. The van der Waals surface area contributed by atoms with Crippen LogP contribution in [0.15, 0.2) is 174 Å². The Morgan fingerprint density at radius 3 is 1.92 bits per heavy atom. The Morgan fingerprint density at radius 2 is 1.15 bits per heavy atom. The SMILES string of the molecule is Nc1cccc2c1-c1cc(-c3ccc(-c4nc5ccccc5n4-c4ccccc4)cc3)ccc1C21c2ccccc2Sc2ccccc21. The Kier molecular flexibility index (Phi) is 5.87. The number of nitrogen functional groups attached to an aromatic ring is 1. The molecule has 2 heterocycles. The van der Waals surface area contributed by atoms with Gasteiger partial charge in [-0.05, 0) is 87.5 Å². The number of imidazole rings is 1. The summed E-state index contributed by atoms with van der Waals surface area (Å²) < 4.78 is 2.25. The van der Waals surface area contributed by atoms with E-state index < -0.39 is 5.41 Å². The number of hydrogen-bond donors (Lipinski definition) is 1. The lowest BCUT2D eigenvalue weighted by Gasteiger charge is -2.39. The summed E-state index contributed by atoms with van der Waals surface area (Å²) in [5.74, 6) is 0.930. The van der Waals surface area contributed by atoms with Crippen molar-refractivity contribution >= 4 is 28.5 Å². The minimum absolute atomic E-state index is 0.433. The van der Waals surface area contributed by atoms with Crippen LogP contribution in [-0.2, 0) is 5.41 Å². The highest BCUT2D eigenvalue weighted by molar-refractivity contribution is 7.99. The monoisotopic (exact) mass is 631 g/mol. The number of rotatable bonds is 3. The van der Waals surface area contributed by atoms with Crippen molar-refractivity contribution in [1.82, 2.24) is 9.55 Å². The number of para-hydroxylation sites is 3. The topological polar surface area (TPSA) is 43.8 Å². The van der Waals surface area contributed by atoms with Crippen molar-refractivity contribution in [3.63, 3.8) is 0 Å². The third-order valence-corrected chi connectivity index (χ3v) is 11.2. The molecule has 0 amide bonds. The molecule has 1 spiro atoms. The maximum Gasteiger partial charge on any atom is 0.145 e. The van der Waals surface area contributed by atoms with Crippen molar-refractivity contribution in [3.05, 3.63) is 186 Å². The van der Waals surface area contributed by atoms with Crippen molar-refractivity contribution in [1.29, 1.82) is 0 Å². The molecule has 0 atom stereocenters. The first-order chi connectivity index (χ1) is 23.7. The van der Waals surface area contributed by atoms with Crippen molar-refractivity contribution in [2.75, 3.05) is 5.73 Å². The zero-order chi connectivity index (χ0) is 31.8. The average molecular weight is 632 g/mol. The number of hydrogen-bond acceptors (Lipinski definition) is 3. The smallest absolute Gasteiger partial charge is 0.145 e. The molecule has 0 saturated heterocycles. The maximum absolute atomic E-state index is 6.87. The second-order valence-corrected chi connectivity index (χ2v) is 13.6. The van der Waals surface area contributed by atoms with Gasteiger partial charge in [0.05, 0.1) is 16.4 Å². The summed E-state index contributed by atoms with van der Waals surface area (Å²) in [5, 5.41) is 0. The van der Waals surface area contributed by atoms with E-state index in [0.29, 0.717) is 0 Å². The minimum atomic E-state index is -0.433. The quantitative estimate of drug-likeness (QED) is 0.197. The zero-order valence-electron chi connectivity index (χ0n) is 26.0. The molecule has 48 heavy (non-hydrogen) atoms. The molecule has 10 rings (SSSR count). The fourth-order valence-corrected chi connectivity index (χ4v) is 9.22. The van der Waals surface area contributed by atoms with Gasteiger partial charge >= 0.3 is 0 Å². The lowest BCUT2D eigenvalue weighted by atomic mass is 9.67. The normalized spacial score (nSPS) is 13.6.